The molecule has 4 heterocycles. The van der Waals surface area contributed by atoms with Crippen LogP contribution in [0.2, 0.25) is 0 Å². The summed E-state index contributed by atoms with van der Waals surface area (Å²) in [6.45, 7) is 7.37. The SMILES string of the molecule is CCCCc1cn([C@@H]2O[C@H](COP(C)(=O)O[C@@H]3[C@H](O)[C@@H](COP(C)(=O)O)O[C@H]3C)C[C@H]2F)c2ncnc(C)c12. The van der Waals surface area contributed by atoms with Gasteiger partial charge in [-0.15, -0.1) is 0 Å². The van der Waals surface area contributed by atoms with Crippen molar-refractivity contribution < 1.29 is 46.6 Å². The minimum atomic E-state index is -3.77. The summed E-state index contributed by atoms with van der Waals surface area (Å²) in [5.41, 5.74) is 2.47. The number of hydrogen-bond donors (Lipinski definition) is 2. The van der Waals surface area contributed by atoms with E-state index in [-0.39, 0.29) is 19.6 Å². The number of halogens is 1. The van der Waals surface area contributed by atoms with Crippen molar-refractivity contribution in [1.29, 1.82) is 0 Å². The Labute approximate surface area is 227 Å². The fraction of sp³-hybridized carbons (Fsp3) is 0.750. The lowest BCUT2D eigenvalue weighted by Gasteiger charge is -2.24. The van der Waals surface area contributed by atoms with Crippen LogP contribution in [-0.2, 0) is 38.6 Å². The molecule has 2 saturated heterocycles. The molecule has 0 radical (unpaired) electrons. The molecular formula is C24H38FN3O9P2. The highest BCUT2D eigenvalue weighted by atomic mass is 31.2. The van der Waals surface area contributed by atoms with Crippen molar-refractivity contribution >= 4 is 26.2 Å². The smallest absolute Gasteiger partial charge is 0.328 e. The Morgan fingerprint density at radius 1 is 1.21 bits per heavy atom. The number of ether oxygens (including phenoxy) is 2. The van der Waals surface area contributed by atoms with E-state index in [2.05, 4.69) is 16.9 Å². The molecule has 0 aromatic carbocycles. The molecule has 2 unspecified atom stereocenters. The average Bonchev–Trinajstić information content (AvgIpc) is 3.49. The number of aromatic nitrogens is 3. The molecule has 2 aliphatic heterocycles. The fourth-order valence-corrected chi connectivity index (χ4v) is 6.68. The van der Waals surface area contributed by atoms with Gasteiger partial charge in [0.15, 0.2) is 6.23 Å². The molecule has 15 heteroatoms. The maximum Gasteiger partial charge on any atom is 0.328 e. The van der Waals surface area contributed by atoms with E-state index >= 15 is 4.39 Å². The van der Waals surface area contributed by atoms with E-state index in [1.165, 1.54) is 13.0 Å². The summed E-state index contributed by atoms with van der Waals surface area (Å²) in [6, 6.07) is 0. The third kappa shape index (κ3) is 7.33. The lowest BCUT2D eigenvalue weighted by Crippen LogP contribution is -2.35. The van der Waals surface area contributed by atoms with Crippen LogP contribution < -0.4 is 0 Å². The van der Waals surface area contributed by atoms with Crippen molar-refractivity contribution in [2.24, 2.45) is 0 Å². The van der Waals surface area contributed by atoms with Crippen molar-refractivity contribution in [1.82, 2.24) is 14.5 Å². The molecule has 39 heavy (non-hydrogen) atoms. The van der Waals surface area contributed by atoms with Crippen LogP contribution in [0, 0.1) is 6.92 Å². The second kappa shape index (κ2) is 12.3. The highest BCUT2D eigenvalue weighted by molar-refractivity contribution is 7.53. The summed E-state index contributed by atoms with van der Waals surface area (Å²) in [6.07, 6.45) is -0.676. The van der Waals surface area contributed by atoms with Crippen molar-refractivity contribution in [2.45, 2.75) is 89.4 Å². The van der Waals surface area contributed by atoms with Crippen molar-refractivity contribution in [2.75, 3.05) is 26.5 Å². The van der Waals surface area contributed by atoms with Gasteiger partial charge >= 0.3 is 15.2 Å². The summed E-state index contributed by atoms with van der Waals surface area (Å²) < 4.78 is 69.0. The maximum absolute atomic E-state index is 15.2. The molecule has 4 rings (SSSR count). The maximum atomic E-state index is 15.2. The second-order valence-corrected chi connectivity index (χ2v) is 14.2. The normalized spacial score (nSPS) is 32.5. The van der Waals surface area contributed by atoms with Crippen LogP contribution in [0.15, 0.2) is 12.5 Å². The van der Waals surface area contributed by atoms with Crippen molar-refractivity contribution in [3.8, 4) is 0 Å². The largest absolute Gasteiger partial charge is 0.387 e. The molecule has 2 N–H and O–H groups in total. The number of rotatable bonds is 12. The predicted molar refractivity (Wildman–Crippen MR) is 141 cm³/mol. The number of alkyl halides is 1. The minimum absolute atomic E-state index is 0.0297. The van der Waals surface area contributed by atoms with Crippen molar-refractivity contribution in [3.05, 3.63) is 23.8 Å². The fourth-order valence-electron chi connectivity index (χ4n) is 5.02. The topological polar surface area (TPSA) is 151 Å². The number of nitrogens with zero attached hydrogens (tertiary/aromatic N) is 3. The van der Waals surface area contributed by atoms with Crippen LogP contribution in [0.3, 0.4) is 0 Å². The molecule has 2 aromatic heterocycles. The van der Waals surface area contributed by atoms with Crippen LogP contribution in [0.1, 0.15) is 50.6 Å². The minimum Gasteiger partial charge on any atom is -0.387 e. The first-order valence-electron chi connectivity index (χ1n) is 13.1. The molecule has 9 atom stereocenters. The van der Waals surface area contributed by atoms with Crippen LogP contribution in [0.4, 0.5) is 4.39 Å². The van der Waals surface area contributed by atoms with Crippen LogP contribution in [0.25, 0.3) is 11.0 Å². The van der Waals surface area contributed by atoms with Gasteiger partial charge in [0.05, 0.1) is 31.1 Å². The van der Waals surface area contributed by atoms with Gasteiger partial charge < -0.3 is 33.1 Å². The first kappa shape index (κ1) is 30.7. The lowest BCUT2D eigenvalue weighted by atomic mass is 10.1. The molecule has 220 valence electrons. The molecular weight excluding hydrogens is 555 g/mol. The zero-order chi connectivity index (χ0) is 28.5. The van der Waals surface area contributed by atoms with Crippen LogP contribution in [0.5, 0.6) is 0 Å². The van der Waals surface area contributed by atoms with Gasteiger partial charge in [-0.05, 0) is 32.3 Å². The lowest BCUT2D eigenvalue weighted by molar-refractivity contribution is -0.0358. The molecule has 2 fully saturated rings. The second-order valence-electron chi connectivity index (χ2n) is 10.3. The third-order valence-corrected chi connectivity index (χ3v) is 8.81. The van der Waals surface area contributed by atoms with E-state index in [4.69, 9.17) is 23.0 Å². The average molecular weight is 594 g/mol. The van der Waals surface area contributed by atoms with E-state index in [0.29, 0.717) is 5.65 Å². The van der Waals surface area contributed by atoms with E-state index in [9.17, 15) is 19.1 Å². The van der Waals surface area contributed by atoms with Gasteiger partial charge in [-0.1, -0.05) is 13.3 Å². The first-order chi connectivity index (χ1) is 18.3. The van der Waals surface area contributed by atoms with E-state index < -0.39 is 58.1 Å². The summed E-state index contributed by atoms with van der Waals surface area (Å²) in [5, 5.41) is 11.5. The quantitative estimate of drug-likeness (QED) is 0.345. The molecule has 0 saturated carbocycles. The third-order valence-electron chi connectivity index (χ3n) is 6.94. The monoisotopic (exact) mass is 593 g/mol. The molecule has 2 aliphatic rings. The van der Waals surface area contributed by atoms with Crippen LogP contribution in [-0.4, -0.2) is 87.8 Å². The number of aliphatic hydroxyl groups is 1. The molecule has 2 aromatic rings. The Morgan fingerprint density at radius 2 is 1.95 bits per heavy atom. The molecule has 12 nitrogen and oxygen atoms in total. The van der Waals surface area contributed by atoms with Gasteiger partial charge in [0.1, 0.15) is 36.5 Å². The van der Waals surface area contributed by atoms with E-state index in [1.807, 2.05) is 13.1 Å². The highest BCUT2D eigenvalue weighted by Gasteiger charge is 2.46. The first-order valence-corrected chi connectivity index (χ1v) is 17.1. The van der Waals surface area contributed by atoms with Gasteiger partial charge in [0.25, 0.3) is 0 Å². The summed E-state index contributed by atoms with van der Waals surface area (Å²) in [5.74, 6) is 0. The molecule has 0 aliphatic carbocycles. The zero-order valence-electron chi connectivity index (χ0n) is 22.8. The number of fused-ring (bicyclic) bond motifs is 1. The number of aryl methyl sites for hydroxylation is 2. The number of aliphatic hydroxyl groups excluding tert-OH is 1. The Balaban J connectivity index is 1.38. The summed E-state index contributed by atoms with van der Waals surface area (Å²) in [4.78, 5) is 18.0. The standard InChI is InChI=1S/C24H38FN3O9P2/c1-6-7-8-16-10-28(23-20(16)14(2)26-13-27-23)24-18(25)9-17(36-24)11-34-39(5,32)37-22-15(3)35-19(21(22)29)12-33-38(4,30)31/h10,13,15,17-19,21-22,24,29H,6-9,11-12H2,1-5H3,(H,30,31)/t15-,17-,18+,19+,21+,22-,24+,39?/m0/s1. The van der Waals surface area contributed by atoms with Gasteiger partial charge in [-0.2, -0.15) is 0 Å². The molecule has 0 bridgehead atoms. The number of unbranched alkanes of at least 4 members (excludes halogenated alkanes) is 1. The predicted octanol–water partition coefficient (Wildman–Crippen LogP) is 3.91. The van der Waals surface area contributed by atoms with Crippen LogP contribution >= 0.6 is 15.2 Å². The summed E-state index contributed by atoms with van der Waals surface area (Å²) in [7, 11) is -7.49. The van der Waals surface area contributed by atoms with Gasteiger partial charge in [0.2, 0.25) is 0 Å². The van der Waals surface area contributed by atoms with E-state index in [0.717, 1.165) is 42.6 Å². The Kier molecular flexibility index (Phi) is 9.68. The van der Waals surface area contributed by atoms with Gasteiger partial charge in [0, 0.05) is 31.3 Å². The molecule has 0 amide bonds. The van der Waals surface area contributed by atoms with Gasteiger partial charge in [-0.3, -0.25) is 13.7 Å². The Hall–Kier alpha value is -1.27. The Bertz CT molecular complexity index is 1240. The molecule has 0 spiro atoms. The van der Waals surface area contributed by atoms with Crippen molar-refractivity contribution in [3.63, 3.8) is 0 Å². The van der Waals surface area contributed by atoms with E-state index in [1.54, 1.807) is 11.5 Å². The highest BCUT2D eigenvalue weighted by Crippen LogP contribution is 2.49. The van der Waals surface area contributed by atoms with Gasteiger partial charge in [-0.25, -0.2) is 14.4 Å². The number of hydrogen-bond acceptors (Lipinski definition) is 10. The zero-order valence-corrected chi connectivity index (χ0v) is 24.6. The Morgan fingerprint density at radius 3 is 2.64 bits per heavy atom. The summed E-state index contributed by atoms with van der Waals surface area (Å²) >= 11 is 0.